The van der Waals surface area contributed by atoms with Crippen molar-refractivity contribution < 1.29 is 4.79 Å². The molecule has 1 amide bonds. The Morgan fingerprint density at radius 2 is 1.95 bits per heavy atom. The minimum atomic E-state index is -0.393. The van der Waals surface area contributed by atoms with Crippen LogP contribution in [0.25, 0.3) is 0 Å². The van der Waals surface area contributed by atoms with Gasteiger partial charge in [0.1, 0.15) is 0 Å². The Kier molecular flexibility index (Phi) is 7.49. The second-order valence-electron chi connectivity index (χ2n) is 5.33. The molecule has 3 nitrogen and oxygen atoms in total. The molecule has 19 heavy (non-hydrogen) atoms. The highest BCUT2D eigenvalue weighted by Crippen LogP contribution is 2.26. The Bertz CT molecular complexity index is 416. The lowest BCUT2D eigenvalue weighted by Crippen LogP contribution is -2.45. The van der Waals surface area contributed by atoms with Crippen LogP contribution in [0.5, 0.6) is 0 Å². The van der Waals surface area contributed by atoms with Crippen LogP contribution >= 0.6 is 24.2 Å². The first-order chi connectivity index (χ1) is 8.29. The lowest BCUT2D eigenvalue weighted by molar-refractivity contribution is 0.0943. The Morgan fingerprint density at radius 3 is 2.47 bits per heavy atom. The molecule has 3 N–H and O–H groups in total. The van der Waals surface area contributed by atoms with Gasteiger partial charge in [-0.25, -0.2) is 0 Å². The molecule has 0 aliphatic rings. The summed E-state index contributed by atoms with van der Waals surface area (Å²) in [6, 6.07) is 7.66. The van der Waals surface area contributed by atoms with E-state index in [-0.39, 0.29) is 18.3 Å². The quantitative estimate of drug-likeness (QED) is 0.822. The molecule has 1 aromatic carbocycles. The maximum atomic E-state index is 12.1. The van der Waals surface area contributed by atoms with E-state index in [0.29, 0.717) is 11.8 Å². The second-order valence-corrected chi connectivity index (χ2v) is 6.95. The number of carbonyl (C=O) groups excluding carboxylic acids is 1. The van der Waals surface area contributed by atoms with Crippen LogP contribution in [0.1, 0.15) is 38.1 Å². The van der Waals surface area contributed by atoms with Gasteiger partial charge in [0.15, 0.2) is 0 Å². The second kappa shape index (κ2) is 7.78. The van der Waals surface area contributed by atoms with Crippen LogP contribution in [0.3, 0.4) is 0 Å². The summed E-state index contributed by atoms with van der Waals surface area (Å²) in [4.78, 5) is 13.1. The Balaban J connectivity index is 0.00000324. The highest BCUT2D eigenvalue weighted by Gasteiger charge is 2.16. The number of benzene rings is 1. The summed E-state index contributed by atoms with van der Waals surface area (Å²) in [5.74, 6) is -0.0581. The average Bonchev–Trinajstić information content (AvgIpc) is 2.25. The SMILES string of the molecule is CC(C)Sc1ccccc1C(=O)NCC(C)(C)N.Cl. The number of rotatable bonds is 5. The number of thioether (sulfide) groups is 1. The van der Waals surface area contributed by atoms with Gasteiger partial charge in [0.05, 0.1) is 5.56 Å². The fourth-order valence-corrected chi connectivity index (χ4v) is 2.37. The maximum absolute atomic E-state index is 12.1. The Labute approximate surface area is 126 Å². The summed E-state index contributed by atoms with van der Waals surface area (Å²) in [7, 11) is 0. The van der Waals surface area contributed by atoms with Crippen molar-refractivity contribution in [3.63, 3.8) is 0 Å². The number of hydrogen-bond donors (Lipinski definition) is 2. The molecule has 1 rings (SSSR count). The molecule has 0 heterocycles. The van der Waals surface area contributed by atoms with E-state index in [1.165, 1.54) is 0 Å². The van der Waals surface area contributed by atoms with Crippen LogP contribution in [0.2, 0.25) is 0 Å². The van der Waals surface area contributed by atoms with Gasteiger partial charge >= 0.3 is 0 Å². The molecule has 0 aliphatic carbocycles. The van der Waals surface area contributed by atoms with Crippen molar-refractivity contribution in [2.75, 3.05) is 6.54 Å². The number of carbonyl (C=O) groups is 1. The maximum Gasteiger partial charge on any atom is 0.252 e. The van der Waals surface area contributed by atoms with Gasteiger partial charge < -0.3 is 11.1 Å². The highest BCUT2D eigenvalue weighted by molar-refractivity contribution is 8.00. The van der Waals surface area contributed by atoms with Crippen LogP contribution in [0.15, 0.2) is 29.2 Å². The van der Waals surface area contributed by atoms with Crippen molar-refractivity contribution in [1.82, 2.24) is 5.32 Å². The van der Waals surface area contributed by atoms with Crippen LogP contribution in [-0.2, 0) is 0 Å². The highest BCUT2D eigenvalue weighted by atomic mass is 35.5. The number of nitrogens with one attached hydrogen (secondary N) is 1. The summed E-state index contributed by atoms with van der Waals surface area (Å²) >= 11 is 1.69. The summed E-state index contributed by atoms with van der Waals surface area (Å²) < 4.78 is 0. The first kappa shape index (κ1) is 18.3. The van der Waals surface area contributed by atoms with Crippen molar-refractivity contribution in [2.24, 2.45) is 5.73 Å². The van der Waals surface area contributed by atoms with Crippen LogP contribution in [0, 0.1) is 0 Å². The number of nitrogens with two attached hydrogens (primary N) is 1. The lowest BCUT2D eigenvalue weighted by atomic mass is 10.1. The molecule has 0 saturated heterocycles. The summed E-state index contributed by atoms with van der Waals surface area (Å²) in [5, 5.41) is 3.32. The molecule has 1 aromatic rings. The standard InChI is InChI=1S/C14H22N2OS.ClH/c1-10(2)18-12-8-6-5-7-11(12)13(17)16-9-14(3,4)15;/h5-8,10H,9,15H2,1-4H3,(H,16,17);1H. The summed E-state index contributed by atoms with van der Waals surface area (Å²) in [6.07, 6.45) is 0. The van der Waals surface area contributed by atoms with Crippen LogP contribution < -0.4 is 11.1 Å². The molecule has 5 heteroatoms. The zero-order chi connectivity index (χ0) is 13.8. The molecule has 0 aromatic heterocycles. The van der Waals surface area contributed by atoms with Crippen molar-refractivity contribution in [3.05, 3.63) is 29.8 Å². The zero-order valence-electron chi connectivity index (χ0n) is 11.9. The van der Waals surface area contributed by atoms with Crippen molar-refractivity contribution >= 4 is 30.1 Å². The summed E-state index contributed by atoms with van der Waals surface area (Å²) in [5.41, 5.74) is 6.19. The van der Waals surface area contributed by atoms with E-state index < -0.39 is 5.54 Å². The van der Waals surface area contributed by atoms with Gasteiger partial charge in [0, 0.05) is 22.2 Å². The number of amides is 1. The Morgan fingerprint density at radius 1 is 1.37 bits per heavy atom. The minimum Gasteiger partial charge on any atom is -0.350 e. The molecule has 0 aliphatic heterocycles. The Hall–Kier alpha value is -0.710. The first-order valence-corrected chi connectivity index (χ1v) is 7.00. The molecule has 0 spiro atoms. The van der Waals surface area contributed by atoms with Crippen molar-refractivity contribution in [2.45, 2.75) is 43.4 Å². The molecule has 0 fully saturated rings. The largest absolute Gasteiger partial charge is 0.350 e. The molecule has 0 radical (unpaired) electrons. The van der Waals surface area contributed by atoms with Gasteiger partial charge in [-0.1, -0.05) is 26.0 Å². The summed E-state index contributed by atoms with van der Waals surface area (Å²) in [6.45, 7) is 8.47. The van der Waals surface area contributed by atoms with E-state index in [0.717, 1.165) is 10.5 Å². The fraction of sp³-hybridized carbons (Fsp3) is 0.500. The van der Waals surface area contributed by atoms with Crippen molar-refractivity contribution in [1.29, 1.82) is 0 Å². The third-order valence-electron chi connectivity index (χ3n) is 2.20. The van der Waals surface area contributed by atoms with E-state index >= 15 is 0 Å². The first-order valence-electron chi connectivity index (χ1n) is 6.12. The third-order valence-corrected chi connectivity index (χ3v) is 3.28. The van der Waals surface area contributed by atoms with E-state index in [4.69, 9.17) is 5.73 Å². The molecule has 0 atom stereocenters. The van der Waals surface area contributed by atoms with E-state index in [9.17, 15) is 4.79 Å². The average molecular weight is 303 g/mol. The molecular formula is C14H23ClN2OS. The monoisotopic (exact) mass is 302 g/mol. The molecular weight excluding hydrogens is 280 g/mol. The minimum absolute atomic E-state index is 0. The van der Waals surface area contributed by atoms with Crippen LogP contribution in [0.4, 0.5) is 0 Å². The lowest BCUT2D eigenvalue weighted by Gasteiger charge is -2.19. The van der Waals surface area contributed by atoms with Gasteiger partial charge in [0.25, 0.3) is 5.91 Å². The molecule has 0 saturated carbocycles. The fourth-order valence-electron chi connectivity index (χ4n) is 1.41. The van der Waals surface area contributed by atoms with Gasteiger partial charge in [-0.15, -0.1) is 24.2 Å². The van der Waals surface area contributed by atoms with Gasteiger partial charge in [0.2, 0.25) is 0 Å². The van der Waals surface area contributed by atoms with Gasteiger partial charge in [-0.2, -0.15) is 0 Å². The zero-order valence-corrected chi connectivity index (χ0v) is 13.5. The molecule has 0 bridgehead atoms. The predicted octanol–water partition coefficient (Wildman–Crippen LogP) is 3.08. The normalized spacial score (nSPS) is 11.1. The third kappa shape index (κ3) is 6.85. The van der Waals surface area contributed by atoms with E-state index in [1.807, 2.05) is 38.1 Å². The van der Waals surface area contributed by atoms with E-state index in [2.05, 4.69) is 19.2 Å². The molecule has 0 unspecified atom stereocenters. The predicted molar refractivity (Wildman–Crippen MR) is 85.3 cm³/mol. The topological polar surface area (TPSA) is 55.1 Å². The molecule has 108 valence electrons. The van der Waals surface area contributed by atoms with Crippen molar-refractivity contribution in [3.8, 4) is 0 Å². The number of hydrogen-bond acceptors (Lipinski definition) is 3. The van der Waals surface area contributed by atoms with Crippen LogP contribution in [-0.4, -0.2) is 23.2 Å². The van der Waals surface area contributed by atoms with E-state index in [1.54, 1.807) is 11.8 Å². The smallest absolute Gasteiger partial charge is 0.252 e. The van der Waals surface area contributed by atoms with Gasteiger partial charge in [-0.05, 0) is 26.0 Å². The number of halogens is 1. The van der Waals surface area contributed by atoms with Gasteiger partial charge in [-0.3, -0.25) is 4.79 Å².